The van der Waals surface area contributed by atoms with E-state index >= 15 is 0 Å². The van der Waals surface area contributed by atoms with Crippen LogP contribution >= 0.6 is 0 Å². The molecule has 1 nitrogen and oxygen atoms in total. The average Bonchev–Trinajstić information content (AvgIpc) is 2.55. The van der Waals surface area contributed by atoms with E-state index in [1.54, 1.807) is 0 Å². The third-order valence-electron chi connectivity index (χ3n) is 5.00. The zero-order valence-electron chi connectivity index (χ0n) is 13.1. The van der Waals surface area contributed by atoms with Gasteiger partial charge in [0, 0.05) is 6.04 Å². The average molecular weight is 281 g/mol. The lowest BCUT2D eigenvalue weighted by Gasteiger charge is -2.31. The molecule has 0 radical (unpaired) electrons. The Bertz CT molecular complexity index is 564. The highest BCUT2D eigenvalue weighted by atomic mass is 14.9. The summed E-state index contributed by atoms with van der Waals surface area (Å²) in [5.41, 5.74) is 1.50. The predicted octanol–water partition coefficient (Wildman–Crippen LogP) is 4.94. The fourth-order valence-electron chi connectivity index (χ4n) is 3.91. The minimum atomic E-state index is 0.640. The minimum Gasteiger partial charge on any atom is -0.314 e. The number of benzene rings is 2. The van der Waals surface area contributed by atoms with Crippen LogP contribution in [0.1, 0.15) is 44.6 Å². The van der Waals surface area contributed by atoms with E-state index in [2.05, 4.69) is 54.7 Å². The molecule has 1 aliphatic rings. The van der Waals surface area contributed by atoms with Gasteiger partial charge in [-0.05, 0) is 48.1 Å². The van der Waals surface area contributed by atoms with Gasteiger partial charge in [0.05, 0.1) is 0 Å². The predicted molar refractivity (Wildman–Crippen MR) is 91.7 cm³/mol. The Labute approximate surface area is 128 Å². The SMILES string of the molecule is CCNC(Cc1cccc2ccccc12)C1CCCCC1. The first-order chi connectivity index (χ1) is 10.4. The lowest BCUT2D eigenvalue weighted by Crippen LogP contribution is -2.39. The highest BCUT2D eigenvalue weighted by Gasteiger charge is 2.23. The van der Waals surface area contributed by atoms with E-state index in [1.807, 2.05) is 0 Å². The van der Waals surface area contributed by atoms with Crippen molar-refractivity contribution in [1.82, 2.24) is 5.32 Å². The van der Waals surface area contributed by atoms with Crippen molar-refractivity contribution in [3.8, 4) is 0 Å². The van der Waals surface area contributed by atoms with E-state index in [0.29, 0.717) is 6.04 Å². The molecule has 2 aromatic rings. The molecule has 1 saturated carbocycles. The van der Waals surface area contributed by atoms with E-state index in [1.165, 1.54) is 54.9 Å². The first kappa shape index (κ1) is 14.6. The molecular weight excluding hydrogens is 254 g/mol. The Kier molecular flexibility index (Phi) is 4.92. The second-order valence-electron chi connectivity index (χ2n) is 6.40. The topological polar surface area (TPSA) is 12.0 Å². The third-order valence-corrected chi connectivity index (χ3v) is 5.00. The number of likely N-dealkylation sites (N-methyl/N-ethyl adjacent to an activating group) is 1. The van der Waals surface area contributed by atoms with Crippen LogP contribution in [0.5, 0.6) is 0 Å². The van der Waals surface area contributed by atoms with Crippen LogP contribution in [-0.2, 0) is 6.42 Å². The maximum Gasteiger partial charge on any atom is 0.0136 e. The number of hydrogen-bond acceptors (Lipinski definition) is 1. The van der Waals surface area contributed by atoms with Crippen molar-refractivity contribution in [1.29, 1.82) is 0 Å². The standard InChI is InChI=1S/C20H27N/c1-2-21-20(17-10-4-3-5-11-17)15-18-13-8-12-16-9-6-7-14-19(16)18/h6-9,12-14,17,20-21H,2-5,10-11,15H2,1H3. The molecule has 0 saturated heterocycles. The van der Waals surface area contributed by atoms with Crippen molar-refractivity contribution in [2.45, 2.75) is 51.5 Å². The second kappa shape index (κ2) is 7.09. The van der Waals surface area contributed by atoms with Crippen LogP contribution in [-0.4, -0.2) is 12.6 Å². The first-order valence-corrected chi connectivity index (χ1v) is 8.58. The zero-order chi connectivity index (χ0) is 14.5. The van der Waals surface area contributed by atoms with Crippen molar-refractivity contribution in [2.75, 3.05) is 6.54 Å². The molecule has 21 heavy (non-hydrogen) atoms. The highest BCUT2D eigenvalue weighted by molar-refractivity contribution is 5.85. The highest BCUT2D eigenvalue weighted by Crippen LogP contribution is 2.29. The van der Waals surface area contributed by atoms with Crippen LogP contribution in [0.2, 0.25) is 0 Å². The third kappa shape index (κ3) is 3.47. The van der Waals surface area contributed by atoms with Gasteiger partial charge in [0.2, 0.25) is 0 Å². The van der Waals surface area contributed by atoms with Gasteiger partial charge in [-0.2, -0.15) is 0 Å². The van der Waals surface area contributed by atoms with Crippen LogP contribution in [0.15, 0.2) is 42.5 Å². The Morgan fingerprint density at radius 1 is 1.00 bits per heavy atom. The van der Waals surface area contributed by atoms with Crippen LogP contribution in [0.3, 0.4) is 0 Å². The Balaban J connectivity index is 1.83. The molecule has 3 rings (SSSR count). The smallest absolute Gasteiger partial charge is 0.0136 e. The quantitative estimate of drug-likeness (QED) is 0.818. The second-order valence-corrected chi connectivity index (χ2v) is 6.40. The van der Waals surface area contributed by atoms with Crippen molar-refractivity contribution in [3.05, 3.63) is 48.0 Å². The fourth-order valence-corrected chi connectivity index (χ4v) is 3.91. The number of hydrogen-bond donors (Lipinski definition) is 1. The Hall–Kier alpha value is -1.34. The summed E-state index contributed by atoms with van der Waals surface area (Å²) in [6, 6.07) is 16.2. The van der Waals surface area contributed by atoms with E-state index in [4.69, 9.17) is 0 Å². The van der Waals surface area contributed by atoms with Gasteiger partial charge in [0.15, 0.2) is 0 Å². The zero-order valence-corrected chi connectivity index (χ0v) is 13.1. The summed E-state index contributed by atoms with van der Waals surface area (Å²) >= 11 is 0. The molecule has 1 atom stereocenters. The fraction of sp³-hybridized carbons (Fsp3) is 0.500. The van der Waals surface area contributed by atoms with Crippen molar-refractivity contribution in [2.24, 2.45) is 5.92 Å². The monoisotopic (exact) mass is 281 g/mol. The van der Waals surface area contributed by atoms with Crippen LogP contribution < -0.4 is 5.32 Å². The van der Waals surface area contributed by atoms with E-state index in [0.717, 1.165) is 12.5 Å². The lowest BCUT2D eigenvalue weighted by atomic mass is 9.81. The van der Waals surface area contributed by atoms with Gasteiger partial charge >= 0.3 is 0 Å². The molecule has 1 N–H and O–H groups in total. The van der Waals surface area contributed by atoms with Crippen LogP contribution in [0.4, 0.5) is 0 Å². The summed E-state index contributed by atoms with van der Waals surface area (Å²) in [7, 11) is 0. The molecule has 0 spiro atoms. The molecule has 0 bridgehead atoms. The van der Waals surface area contributed by atoms with Crippen LogP contribution in [0, 0.1) is 5.92 Å². The molecule has 0 heterocycles. The Morgan fingerprint density at radius 3 is 2.57 bits per heavy atom. The van der Waals surface area contributed by atoms with Gasteiger partial charge in [-0.25, -0.2) is 0 Å². The van der Waals surface area contributed by atoms with Crippen molar-refractivity contribution < 1.29 is 0 Å². The first-order valence-electron chi connectivity index (χ1n) is 8.58. The molecule has 0 aromatic heterocycles. The van der Waals surface area contributed by atoms with Crippen LogP contribution in [0.25, 0.3) is 10.8 Å². The number of nitrogens with one attached hydrogen (secondary N) is 1. The van der Waals surface area contributed by atoms with Gasteiger partial charge in [-0.15, -0.1) is 0 Å². The van der Waals surface area contributed by atoms with Crippen molar-refractivity contribution >= 4 is 10.8 Å². The van der Waals surface area contributed by atoms with Gasteiger partial charge in [-0.3, -0.25) is 0 Å². The minimum absolute atomic E-state index is 0.640. The normalized spacial score (nSPS) is 18.0. The molecule has 0 amide bonds. The lowest BCUT2D eigenvalue weighted by molar-refractivity contribution is 0.270. The van der Waals surface area contributed by atoms with Gasteiger partial charge in [0.1, 0.15) is 0 Å². The van der Waals surface area contributed by atoms with E-state index in [9.17, 15) is 0 Å². The summed E-state index contributed by atoms with van der Waals surface area (Å²) in [5, 5.41) is 6.56. The van der Waals surface area contributed by atoms with Crippen molar-refractivity contribution in [3.63, 3.8) is 0 Å². The van der Waals surface area contributed by atoms with Gasteiger partial charge < -0.3 is 5.32 Å². The summed E-state index contributed by atoms with van der Waals surface area (Å²) in [6.45, 7) is 3.31. The Morgan fingerprint density at radius 2 is 1.76 bits per heavy atom. The molecule has 2 aromatic carbocycles. The molecular formula is C20H27N. The largest absolute Gasteiger partial charge is 0.314 e. The molecule has 0 aliphatic heterocycles. The summed E-state index contributed by atoms with van der Waals surface area (Å²) in [4.78, 5) is 0. The van der Waals surface area contributed by atoms with E-state index < -0.39 is 0 Å². The summed E-state index contributed by atoms with van der Waals surface area (Å²) in [6.07, 6.45) is 8.25. The number of fused-ring (bicyclic) bond motifs is 1. The summed E-state index contributed by atoms with van der Waals surface area (Å²) < 4.78 is 0. The van der Waals surface area contributed by atoms with E-state index in [-0.39, 0.29) is 0 Å². The molecule has 1 fully saturated rings. The molecule has 1 unspecified atom stereocenters. The summed E-state index contributed by atoms with van der Waals surface area (Å²) in [5.74, 6) is 0.859. The maximum absolute atomic E-state index is 3.77. The molecule has 1 heteroatoms. The number of rotatable bonds is 5. The molecule has 112 valence electrons. The van der Waals surface area contributed by atoms with Gasteiger partial charge in [0.25, 0.3) is 0 Å². The van der Waals surface area contributed by atoms with Gasteiger partial charge in [-0.1, -0.05) is 68.7 Å². The maximum atomic E-state index is 3.77. The molecule has 1 aliphatic carbocycles.